The van der Waals surface area contributed by atoms with Crippen molar-refractivity contribution in [2.75, 3.05) is 13.4 Å². The molecule has 28 heavy (non-hydrogen) atoms. The van der Waals surface area contributed by atoms with E-state index in [9.17, 15) is 14.4 Å². The Bertz CT molecular complexity index is 1160. The van der Waals surface area contributed by atoms with E-state index in [0.717, 1.165) is 11.3 Å². The standard InChI is InChI=1S/C19H16N2O6S/c1-3-25-19(24)16-10(2)15-17(28-16)20-8-21(18(15)23)7-12(22)11-4-5-13-14(6-11)27-9-26-13/h4-6,8H,3,7,9H2,1-2H3. The molecule has 0 N–H and O–H groups in total. The summed E-state index contributed by atoms with van der Waals surface area (Å²) >= 11 is 1.11. The number of rotatable bonds is 5. The van der Waals surface area contributed by atoms with E-state index in [2.05, 4.69) is 4.98 Å². The molecule has 1 aliphatic rings. The summed E-state index contributed by atoms with van der Waals surface area (Å²) in [6, 6.07) is 4.88. The second kappa shape index (κ2) is 7.08. The van der Waals surface area contributed by atoms with Gasteiger partial charge in [-0.05, 0) is 37.6 Å². The van der Waals surface area contributed by atoms with E-state index in [4.69, 9.17) is 14.2 Å². The number of thiophene rings is 1. The van der Waals surface area contributed by atoms with E-state index in [1.54, 1.807) is 32.0 Å². The van der Waals surface area contributed by atoms with E-state index in [1.165, 1.54) is 10.9 Å². The third-order valence-corrected chi connectivity index (χ3v) is 5.57. The number of hydrogen-bond donors (Lipinski definition) is 0. The van der Waals surface area contributed by atoms with Crippen LogP contribution in [0.5, 0.6) is 11.5 Å². The summed E-state index contributed by atoms with van der Waals surface area (Å²) in [6.07, 6.45) is 1.32. The average Bonchev–Trinajstić information content (AvgIpc) is 3.28. The quantitative estimate of drug-likeness (QED) is 0.480. The van der Waals surface area contributed by atoms with Gasteiger partial charge in [0.1, 0.15) is 9.71 Å². The van der Waals surface area contributed by atoms with Gasteiger partial charge in [-0.1, -0.05) is 0 Å². The number of benzene rings is 1. The van der Waals surface area contributed by atoms with E-state index in [1.807, 2.05) is 0 Å². The topological polar surface area (TPSA) is 96.7 Å². The molecule has 0 spiro atoms. The maximum atomic E-state index is 12.9. The van der Waals surface area contributed by atoms with Gasteiger partial charge < -0.3 is 14.2 Å². The molecule has 0 amide bonds. The number of carbonyl (C=O) groups excluding carboxylic acids is 2. The predicted octanol–water partition coefficient (Wildman–Crippen LogP) is 2.55. The number of esters is 1. The van der Waals surface area contributed by atoms with Crippen molar-refractivity contribution in [3.8, 4) is 11.5 Å². The fourth-order valence-electron chi connectivity index (χ4n) is 2.98. The highest BCUT2D eigenvalue weighted by Crippen LogP contribution is 2.32. The molecule has 0 aliphatic carbocycles. The normalized spacial score (nSPS) is 12.4. The summed E-state index contributed by atoms with van der Waals surface area (Å²) in [7, 11) is 0. The molecule has 2 aromatic heterocycles. The lowest BCUT2D eigenvalue weighted by atomic mass is 10.1. The van der Waals surface area contributed by atoms with Crippen LogP contribution in [0.4, 0.5) is 0 Å². The SMILES string of the molecule is CCOC(=O)c1sc2ncn(CC(=O)c3ccc4c(c3)OCO4)c(=O)c2c1C. The largest absolute Gasteiger partial charge is 0.462 e. The number of hydrogen-bond acceptors (Lipinski definition) is 8. The van der Waals surface area contributed by atoms with Gasteiger partial charge in [0.15, 0.2) is 17.3 Å². The number of aromatic nitrogens is 2. The van der Waals surface area contributed by atoms with E-state index >= 15 is 0 Å². The maximum absolute atomic E-state index is 12.9. The second-order valence-electron chi connectivity index (χ2n) is 6.13. The highest BCUT2D eigenvalue weighted by Gasteiger charge is 2.21. The molecule has 0 radical (unpaired) electrons. The summed E-state index contributed by atoms with van der Waals surface area (Å²) < 4.78 is 16.8. The number of carbonyl (C=O) groups is 2. The molecule has 0 saturated heterocycles. The number of ether oxygens (including phenoxy) is 3. The summed E-state index contributed by atoms with van der Waals surface area (Å²) in [4.78, 5) is 42.6. The number of Topliss-reactive ketones (excluding diaryl/α,β-unsaturated/α-hetero) is 1. The van der Waals surface area contributed by atoms with E-state index in [0.29, 0.717) is 37.7 Å². The van der Waals surface area contributed by atoms with Crippen molar-refractivity contribution in [2.24, 2.45) is 0 Å². The first kappa shape index (κ1) is 18.2. The van der Waals surface area contributed by atoms with Crippen LogP contribution >= 0.6 is 11.3 Å². The zero-order valence-corrected chi connectivity index (χ0v) is 16.0. The lowest BCUT2D eigenvalue weighted by Gasteiger charge is -2.06. The molecular formula is C19H16N2O6S. The Morgan fingerprint density at radius 1 is 1.29 bits per heavy atom. The Hall–Kier alpha value is -3.20. The van der Waals surface area contributed by atoms with Gasteiger partial charge in [0, 0.05) is 5.56 Å². The van der Waals surface area contributed by atoms with Crippen LogP contribution in [0.15, 0.2) is 29.3 Å². The van der Waals surface area contributed by atoms with Gasteiger partial charge in [-0.25, -0.2) is 9.78 Å². The zero-order valence-electron chi connectivity index (χ0n) is 15.2. The Labute approximate surface area is 163 Å². The molecule has 144 valence electrons. The Morgan fingerprint density at radius 2 is 2.07 bits per heavy atom. The molecule has 1 aromatic carbocycles. The first-order valence-electron chi connectivity index (χ1n) is 8.58. The van der Waals surface area contributed by atoms with Gasteiger partial charge in [-0.3, -0.25) is 14.2 Å². The van der Waals surface area contributed by atoms with Crippen molar-refractivity contribution >= 4 is 33.3 Å². The van der Waals surface area contributed by atoms with E-state index in [-0.39, 0.29) is 31.3 Å². The van der Waals surface area contributed by atoms with Crippen LogP contribution in [0.2, 0.25) is 0 Å². The van der Waals surface area contributed by atoms with Gasteiger partial charge in [0.2, 0.25) is 6.79 Å². The van der Waals surface area contributed by atoms with Crippen molar-refractivity contribution in [1.29, 1.82) is 0 Å². The van der Waals surface area contributed by atoms with E-state index < -0.39 is 5.97 Å². The second-order valence-corrected chi connectivity index (χ2v) is 7.12. The molecule has 0 atom stereocenters. The minimum atomic E-state index is -0.481. The lowest BCUT2D eigenvalue weighted by molar-refractivity contribution is 0.0531. The third-order valence-electron chi connectivity index (χ3n) is 4.39. The molecule has 0 saturated carbocycles. The Morgan fingerprint density at radius 3 is 2.86 bits per heavy atom. The van der Waals surface area contributed by atoms with Gasteiger partial charge >= 0.3 is 5.97 Å². The third kappa shape index (κ3) is 3.03. The molecule has 4 rings (SSSR count). The molecular weight excluding hydrogens is 384 g/mol. The summed E-state index contributed by atoms with van der Waals surface area (Å²) in [5.41, 5.74) is 0.551. The van der Waals surface area contributed by atoms with Gasteiger partial charge in [0.05, 0.1) is 24.9 Å². The molecule has 3 aromatic rings. The Balaban J connectivity index is 1.67. The smallest absolute Gasteiger partial charge is 0.348 e. The molecule has 3 heterocycles. The molecule has 0 fully saturated rings. The molecule has 8 nitrogen and oxygen atoms in total. The van der Waals surface area contributed by atoms with Gasteiger partial charge in [-0.15, -0.1) is 11.3 Å². The molecule has 1 aliphatic heterocycles. The zero-order chi connectivity index (χ0) is 19.8. The highest BCUT2D eigenvalue weighted by atomic mass is 32.1. The van der Waals surface area contributed by atoms with Gasteiger partial charge in [-0.2, -0.15) is 0 Å². The minimum Gasteiger partial charge on any atom is -0.462 e. The first-order chi connectivity index (χ1) is 13.5. The minimum absolute atomic E-state index is 0.118. The summed E-state index contributed by atoms with van der Waals surface area (Å²) in [6.45, 7) is 3.58. The predicted molar refractivity (Wildman–Crippen MR) is 101 cm³/mol. The lowest BCUT2D eigenvalue weighted by Crippen LogP contribution is -2.24. The van der Waals surface area contributed by atoms with Crippen molar-refractivity contribution in [3.05, 3.63) is 50.9 Å². The average molecular weight is 400 g/mol. The van der Waals surface area contributed by atoms with Crippen LogP contribution in [0.1, 0.15) is 32.5 Å². The fourth-order valence-corrected chi connectivity index (χ4v) is 4.01. The molecule has 9 heteroatoms. The molecule has 0 bridgehead atoms. The number of fused-ring (bicyclic) bond motifs is 2. The van der Waals surface area contributed by atoms with Crippen molar-refractivity contribution < 1.29 is 23.8 Å². The summed E-state index contributed by atoms with van der Waals surface area (Å²) in [5, 5.41) is 0.328. The van der Waals surface area contributed by atoms with Crippen molar-refractivity contribution in [2.45, 2.75) is 20.4 Å². The maximum Gasteiger partial charge on any atom is 0.348 e. The summed E-state index contributed by atoms with van der Waals surface area (Å²) in [5.74, 6) is 0.335. The number of aryl methyl sites for hydroxylation is 1. The van der Waals surface area contributed by atoms with Crippen molar-refractivity contribution in [3.63, 3.8) is 0 Å². The van der Waals surface area contributed by atoms with Crippen LogP contribution in [-0.2, 0) is 11.3 Å². The Kier molecular flexibility index (Phi) is 4.60. The van der Waals surface area contributed by atoms with Crippen LogP contribution in [0.3, 0.4) is 0 Å². The van der Waals surface area contributed by atoms with Crippen LogP contribution in [0, 0.1) is 6.92 Å². The fraction of sp³-hybridized carbons (Fsp3) is 0.263. The molecule has 0 unspecified atom stereocenters. The highest BCUT2D eigenvalue weighted by molar-refractivity contribution is 7.20. The van der Waals surface area contributed by atoms with Gasteiger partial charge in [0.25, 0.3) is 5.56 Å². The van der Waals surface area contributed by atoms with Crippen LogP contribution in [-0.4, -0.2) is 34.7 Å². The monoisotopic (exact) mass is 400 g/mol. The van der Waals surface area contributed by atoms with Crippen LogP contribution < -0.4 is 15.0 Å². The van der Waals surface area contributed by atoms with Crippen LogP contribution in [0.25, 0.3) is 10.2 Å². The number of nitrogens with zero attached hydrogens (tertiary/aromatic N) is 2. The number of ketones is 1. The first-order valence-corrected chi connectivity index (χ1v) is 9.39. The van der Waals surface area contributed by atoms with Crippen molar-refractivity contribution in [1.82, 2.24) is 9.55 Å².